The Balaban J connectivity index is 1.73. The van der Waals surface area contributed by atoms with Crippen LogP contribution in [0.2, 0.25) is 10.0 Å². The lowest BCUT2D eigenvalue weighted by Crippen LogP contribution is -2.29. The number of rotatable bonds is 7. The zero-order valence-corrected chi connectivity index (χ0v) is 19.4. The fourth-order valence-electron chi connectivity index (χ4n) is 2.94. The van der Waals surface area contributed by atoms with Crippen molar-refractivity contribution in [2.75, 3.05) is 11.9 Å². The van der Waals surface area contributed by atoms with Crippen molar-refractivity contribution in [1.29, 1.82) is 0 Å². The standard InChI is InChI=1S/C23H22Cl2N2O3S/c1-15-3-8-19(9-4-15)31(29,30)22-11-16(2)5-10-21(22)26-14-23(28)27-13-17-6-7-18(24)12-20(17)25/h3-12,26H,13-14H2,1-2H3,(H,27,28). The second kappa shape index (κ2) is 9.73. The lowest BCUT2D eigenvalue weighted by molar-refractivity contribution is -0.119. The highest BCUT2D eigenvalue weighted by Gasteiger charge is 2.22. The maximum Gasteiger partial charge on any atom is 0.239 e. The highest BCUT2D eigenvalue weighted by atomic mass is 35.5. The summed E-state index contributed by atoms with van der Waals surface area (Å²) < 4.78 is 26.3. The number of anilines is 1. The number of aryl methyl sites for hydroxylation is 2. The van der Waals surface area contributed by atoms with Gasteiger partial charge in [0.05, 0.1) is 22.0 Å². The van der Waals surface area contributed by atoms with Crippen molar-refractivity contribution in [1.82, 2.24) is 5.32 Å². The lowest BCUT2D eigenvalue weighted by Gasteiger charge is -2.14. The predicted molar refractivity (Wildman–Crippen MR) is 125 cm³/mol. The van der Waals surface area contributed by atoms with Gasteiger partial charge in [-0.05, 0) is 61.4 Å². The molecule has 0 aliphatic carbocycles. The number of hydrogen-bond donors (Lipinski definition) is 2. The molecule has 0 bridgehead atoms. The molecule has 5 nitrogen and oxygen atoms in total. The van der Waals surface area contributed by atoms with Crippen LogP contribution in [0.15, 0.2) is 70.5 Å². The molecule has 0 saturated carbocycles. The largest absolute Gasteiger partial charge is 0.375 e. The quantitative estimate of drug-likeness (QED) is 0.492. The Bertz CT molecular complexity index is 1210. The van der Waals surface area contributed by atoms with Crippen LogP contribution in [-0.4, -0.2) is 20.9 Å². The van der Waals surface area contributed by atoms with Gasteiger partial charge in [0.1, 0.15) is 0 Å². The van der Waals surface area contributed by atoms with Gasteiger partial charge in [0.2, 0.25) is 15.7 Å². The molecule has 2 N–H and O–H groups in total. The highest BCUT2D eigenvalue weighted by Crippen LogP contribution is 2.29. The number of nitrogens with one attached hydrogen (secondary N) is 2. The van der Waals surface area contributed by atoms with Crippen molar-refractivity contribution in [2.24, 2.45) is 0 Å². The molecular weight excluding hydrogens is 455 g/mol. The zero-order valence-electron chi connectivity index (χ0n) is 17.1. The van der Waals surface area contributed by atoms with Crippen LogP contribution in [0.5, 0.6) is 0 Å². The molecule has 8 heteroatoms. The van der Waals surface area contributed by atoms with Crippen molar-refractivity contribution in [2.45, 2.75) is 30.2 Å². The lowest BCUT2D eigenvalue weighted by atomic mass is 10.2. The summed E-state index contributed by atoms with van der Waals surface area (Å²) in [7, 11) is -3.75. The molecule has 1 amide bonds. The molecule has 31 heavy (non-hydrogen) atoms. The van der Waals surface area contributed by atoms with Crippen molar-refractivity contribution in [3.05, 3.63) is 87.4 Å². The first-order valence-electron chi connectivity index (χ1n) is 9.54. The predicted octanol–water partition coefficient (Wildman–Crippen LogP) is 5.17. The minimum Gasteiger partial charge on any atom is -0.375 e. The molecule has 0 unspecified atom stereocenters. The molecule has 162 valence electrons. The van der Waals surface area contributed by atoms with Gasteiger partial charge in [-0.15, -0.1) is 0 Å². The van der Waals surface area contributed by atoms with Crippen molar-refractivity contribution >= 4 is 44.6 Å². The van der Waals surface area contributed by atoms with E-state index in [0.29, 0.717) is 15.7 Å². The van der Waals surface area contributed by atoms with Crippen LogP contribution < -0.4 is 10.6 Å². The van der Waals surface area contributed by atoms with Gasteiger partial charge in [-0.25, -0.2) is 8.42 Å². The Labute approximate surface area is 192 Å². The highest BCUT2D eigenvalue weighted by molar-refractivity contribution is 7.91. The number of sulfone groups is 1. The van der Waals surface area contributed by atoms with E-state index in [-0.39, 0.29) is 28.8 Å². The van der Waals surface area contributed by atoms with Gasteiger partial charge in [0, 0.05) is 16.6 Å². The SMILES string of the molecule is Cc1ccc(S(=O)(=O)c2cc(C)ccc2NCC(=O)NCc2ccc(Cl)cc2Cl)cc1. The molecule has 0 atom stereocenters. The van der Waals surface area contributed by atoms with Crippen LogP contribution in [0.3, 0.4) is 0 Å². The van der Waals surface area contributed by atoms with E-state index in [1.165, 1.54) is 0 Å². The second-order valence-corrected chi connectivity index (χ2v) is 9.94. The third-order valence-electron chi connectivity index (χ3n) is 4.69. The Morgan fingerprint density at radius 3 is 2.26 bits per heavy atom. The Morgan fingerprint density at radius 2 is 1.58 bits per heavy atom. The first-order valence-corrected chi connectivity index (χ1v) is 11.8. The summed E-state index contributed by atoms with van der Waals surface area (Å²) in [6.45, 7) is 3.86. The Kier molecular flexibility index (Phi) is 7.26. The molecule has 0 heterocycles. The first-order chi connectivity index (χ1) is 14.7. The number of hydrogen-bond acceptors (Lipinski definition) is 4. The maximum atomic E-state index is 13.2. The van der Waals surface area contributed by atoms with Crippen LogP contribution in [0.4, 0.5) is 5.69 Å². The molecule has 0 spiro atoms. The molecule has 0 saturated heterocycles. The molecule has 3 aromatic carbocycles. The van der Waals surface area contributed by atoms with Gasteiger partial charge in [0.25, 0.3) is 0 Å². The number of halogens is 2. The summed E-state index contributed by atoms with van der Waals surface area (Å²) in [6.07, 6.45) is 0. The van der Waals surface area contributed by atoms with E-state index in [9.17, 15) is 13.2 Å². The van der Waals surface area contributed by atoms with Gasteiger partial charge in [0.15, 0.2) is 0 Å². The van der Waals surface area contributed by atoms with Crippen LogP contribution in [-0.2, 0) is 21.2 Å². The summed E-state index contributed by atoms with van der Waals surface area (Å²) in [5.74, 6) is -0.301. The molecule has 3 aromatic rings. The molecule has 0 aliphatic heterocycles. The van der Waals surface area contributed by atoms with E-state index in [4.69, 9.17) is 23.2 Å². The molecule has 0 aliphatic rings. The van der Waals surface area contributed by atoms with Gasteiger partial charge in [-0.2, -0.15) is 0 Å². The van der Waals surface area contributed by atoms with Crippen LogP contribution in [0.25, 0.3) is 0 Å². The number of carbonyl (C=O) groups excluding carboxylic acids is 1. The minimum absolute atomic E-state index is 0.0926. The minimum atomic E-state index is -3.75. The summed E-state index contributed by atoms with van der Waals surface area (Å²) in [5.41, 5.74) is 2.88. The molecule has 0 radical (unpaired) electrons. The van der Waals surface area contributed by atoms with Crippen molar-refractivity contribution < 1.29 is 13.2 Å². The normalized spacial score (nSPS) is 11.2. The van der Waals surface area contributed by atoms with Gasteiger partial charge in [-0.3, -0.25) is 4.79 Å². The Hall–Kier alpha value is -2.54. The number of amides is 1. The number of benzene rings is 3. The van der Waals surface area contributed by atoms with Crippen LogP contribution in [0.1, 0.15) is 16.7 Å². The van der Waals surface area contributed by atoms with Gasteiger partial charge in [-0.1, -0.05) is 53.0 Å². The Morgan fingerprint density at radius 1 is 0.903 bits per heavy atom. The van der Waals surface area contributed by atoms with Crippen molar-refractivity contribution in [3.8, 4) is 0 Å². The topological polar surface area (TPSA) is 75.3 Å². The zero-order chi connectivity index (χ0) is 22.6. The van der Waals surface area contributed by atoms with E-state index in [1.54, 1.807) is 60.7 Å². The third-order valence-corrected chi connectivity index (χ3v) is 7.08. The van der Waals surface area contributed by atoms with E-state index < -0.39 is 9.84 Å². The van der Waals surface area contributed by atoms with Crippen molar-refractivity contribution in [3.63, 3.8) is 0 Å². The van der Waals surface area contributed by atoms with E-state index >= 15 is 0 Å². The monoisotopic (exact) mass is 476 g/mol. The third kappa shape index (κ3) is 5.79. The summed E-state index contributed by atoms with van der Waals surface area (Å²) in [4.78, 5) is 12.6. The molecule has 0 fully saturated rings. The van der Waals surface area contributed by atoms with E-state index in [0.717, 1.165) is 16.7 Å². The van der Waals surface area contributed by atoms with E-state index in [1.807, 2.05) is 13.8 Å². The number of carbonyl (C=O) groups is 1. The molecular formula is C23H22Cl2N2O3S. The summed E-state index contributed by atoms with van der Waals surface area (Å²) in [5, 5.41) is 6.68. The van der Waals surface area contributed by atoms with E-state index in [2.05, 4.69) is 10.6 Å². The fourth-order valence-corrected chi connectivity index (χ4v) is 4.93. The smallest absolute Gasteiger partial charge is 0.239 e. The first kappa shape index (κ1) is 23.1. The van der Waals surface area contributed by atoms with Crippen LogP contribution in [0, 0.1) is 13.8 Å². The summed E-state index contributed by atoms with van der Waals surface area (Å²) >= 11 is 12.0. The average molecular weight is 477 g/mol. The molecule has 3 rings (SSSR count). The van der Waals surface area contributed by atoms with Gasteiger partial charge >= 0.3 is 0 Å². The summed E-state index contributed by atoms with van der Waals surface area (Å²) in [6, 6.07) is 16.8. The van der Waals surface area contributed by atoms with Crippen LogP contribution >= 0.6 is 23.2 Å². The molecule has 0 aromatic heterocycles. The second-order valence-electron chi connectivity index (χ2n) is 7.18. The maximum absolute atomic E-state index is 13.2. The average Bonchev–Trinajstić information content (AvgIpc) is 2.72. The fraction of sp³-hybridized carbons (Fsp3) is 0.174. The van der Waals surface area contributed by atoms with Gasteiger partial charge < -0.3 is 10.6 Å².